The van der Waals surface area contributed by atoms with Gasteiger partial charge in [-0.1, -0.05) is 50.2 Å². The number of aryl methyl sites for hydroxylation is 1. The lowest BCUT2D eigenvalue weighted by molar-refractivity contribution is 0.419. The standard InChI is InChI=1S/C19H20O/c1-12(2)15-10-14-8-9-16-13(3)6-5-7-17(16)19(14)18(11-15)20-4/h5-12H,1-4H3. The number of hydrogen-bond donors (Lipinski definition) is 0. The van der Waals surface area contributed by atoms with E-state index in [-0.39, 0.29) is 0 Å². The van der Waals surface area contributed by atoms with Gasteiger partial charge in [-0.25, -0.2) is 0 Å². The second-order valence-corrected chi connectivity index (χ2v) is 5.71. The summed E-state index contributed by atoms with van der Waals surface area (Å²) in [6.07, 6.45) is 0. The Balaban J connectivity index is 2.47. The molecule has 0 unspecified atom stereocenters. The molecule has 0 spiro atoms. The number of ether oxygens (including phenoxy) is 1. The summed E-state index contributed by atoms with van der Waals surface area (Å²) < 4.78 is 5.67. The topological polar surface area (TPSA) is 9.23 Å². The van der Waals surface area contributed by atoms with Gasteiger partial charge in [0.15, 0.2) is 0 Å². The molecular weight excluding hydrogens is 244 g/mol. The molecule has 0 amide bonds. The van der Waals surface area contributed by atoms with E-state index in [2.05, 4.69) is 63.2 Å². The van der Waals surface area contributed by atoms with Crippen molar-refractivity contribution in [3.05, 3.63) is 53.6 Å². The highest BCUT2D eigenvalue weighted by Crippen LogP contribution is 2.36. The van der Waals surface area contributed by atoms with Crippen LogP contribution in [0.25, 0.3) is 21.5 Å². The fourth-order valence-electron chi connectivity index (χ4n) is 2.87. The third-order valence-corrected chi connectivity index (χ3v) is 4.06. The predicted octanol–water partition coefficient (Wildman–Crippen LogP) is 5.43. The summed E-state index contributed by atoms with van der Waals surface area (Å²) in [7, 11) is 1.76. The number of methoxy groups -OCH3 is 1. The van der Waals surface area contributed by atoms with E-state index in [1.807, 2.05) is 0 Å². The van der Waals surface area contributed by atoms with Crippen molar-refractivity contribution < 1.29 is 4.74 Å². The van der Waals surface area contributed by atoms with Crippen molar-refractivity contribution in [3.63, 3.8) is 0 Å². The molecule has 3 rings (SSSR count). The summed E-state index contributed by atoms with van der Waals surface area (Å²) in [5.41, 5.74) is 2.63. The van der Waals surface area contributed by atoms with Crippen molar-refractivity contribution in [1.82, 2.24) is 0 Å². The fraction of sp³-hybridized carbons (Fsp3) is 0.263. The lowest BCUT2D eigenvalue weighted by Crippen LogP contribution is -1.93. The highest BCUT2D eigenvalue weighted by Gasteiger charge is 2.11. The van der Waals surface area contributed by atoms with Crippen molar-refractivity contribution in [2.75, 3.05) is 7.11 Å². The minimum atomic E-state index is 0.501. The van der Waals surface area contributed by atoms with E-state index in [1.165, 1.54) is 32.7 Å². The van der Waals surface area contributed by atoms with Gasteiger partial charge in [-0.3, -0.25) is 0 Å². The molecule has 3 aromatic carbocycles. The van der Waals surface area contributed by atoms with Crippen LogP contribution in [-0.2, 0) is 0 Å². The molecular formula is C19H20O. The van der Waals surface area contributed by atoms with Crippen LogP contribution in [0.15, 0.2) is 42.5 Å². The summed E-state index contributed by atoms with van der Waals surface area (Å²) in [6.45, 7) is 6.58. The molecule has 0 aromatic heterocycles. The fourth-order valence-corrected chi connectivity index (χ4v) is 2.87. The minimum Gasteiger partial charge on any atom is -0.496 e. The molecule has 1 heteroatoms. The molecule has 0 fully saturated rings. The van der Waals surface area contributed by atoms with E-state index in [4.69, 9.17) is 4.74 Å². The van der Waals surface area contributed by atoms with Gasteiger partial charge in [0.05, 0.1) is 7.11 Å². The molecule has 20 heavy (non-hydrogen) atoms. The zero-order valence-electron chi connectivity index (χ0n) is 12.5. The van der Waals surface area contributed by atoms with E-state index < -0.39 is 0 Å². The Bertz CT molecular complexity index is 784. The van der Waals surface area contributed by atoms with Gasteiger partial charge in [0.1, 0.15) is 5.75 Å². The van der Waals surface area contributed by atoms with Crippen LogP contribution in [0.1, 0.15) is 30.9 Å². The summed E-state index contributed by atoms with van der Waals surface area (Å²) in [5, 5.41) is 5.05. The lowest BCUT2D eigenvalue weighted by Gasteiger charge is -2.14. The molecule has 0 aliphatic carbocycles. The summed E-state index contributed by atoms with van der Waals surface area (Å²) in [4.78, 5) is 0. The highest BCUT2D eigenvalue weighted by molar-refractivity contribution is 6.11. The quantitative estimate of drug-likeness (QED) is 0.560. The SMILES string of the molecule is COc1cc(C(C)C)cc2ccc3c(C)cccc3c12. The van der Waals surface area contributed by atoms with Gasteiger partial charge in [0.25, 0.3) is 0 Å². The monoisotopic (exact) mass is 264 g/mol. The third kappa shape index (κ3) is 1.94. The maximum Gasteiger partial charge on any atom is 0.127 e. The highest BCUT2D eigenvalue weighted by atomic mass is 16.5. The molecule has 0 atom stereocenters. The molecule has 0 heterocycles. The number of fused-ring (bicyclic) bond motifs is 3. The van der Waals surface area contributed by atoms with E-state index in [0.29, 0.717) is 5.92 Å². The zero-order valence-corrected chi connectivity index (χ0v) is 12.5. The first-order chi connectivity index (χ1) is 9.61. The molecule has 3 aromatic rings. The van der Waals surface area contributed by atoms with Gasteiger partial charge in [-0.05, 0) is 46.2 Å². The Hall–Kier alpha value is -2.02. The molecule has 0 saturated carbocycles. The van der Waals surface area contributed by atoms with Crippen LogP contribution in [0.2, 0.25) is 0 Å². The largest absolute Gasteiger partial charge is 0.496 e. The molecule has 0 bridgehead atoms. The van der Waals surface area contributed by atoms with Gasteiger partial charge < -0.3 is 4.74 Å². The first-order valence-electron chi connectivity index (χ1n) is 7.12. The second kappa shape index (κ2) is 4.82. The maximum atomic E-state index is 5.67. The van der Waals surface area contributed by atoms with Gasteiger partial charge in [0, 0.05) is 5.39 Å². The van der Waals surface area contributed by atoms with Crippen LogP contribution < -0.4 is 4.74 Å². The summed E-state index contributed by atoms with van der Waals surface area (Å²) in [5.74, 6) is 1.48. The average molecular weight is 264 g/mol. The normalized spacial score (nSPS) is 11.4. The molecule has 0 aliphatic heterocycles. The van der Waals surface area contributed by atoms with Gasteiger partial charge in [0.2, 0.25) is 0 Å². The van der Waals surface area contributed by atoms with Crippen LogP contribution in [0.3, 0.4) is 0 Å². The van der Waals surface area contributed by atoms with Crippen LogP contribution in [0.5, 0.6) is 5.75 Å². The first kappa shape index (κ1) is 13.0. The van der Waals surface area contributed by atoms with Crippen molar-refractivity contribution in [2.24, 2.45) is 0 Å². The van der Waals surface area contributed by atoms with E-state index in [9.17, 15) is 0 Å². The Morgan fingerprint density at radius 3 is 2.45 bits per heavy atom. The number of hydrogen-bond acceptors (Lipinski definition) is 1. The van der Waals surface area contributed by atoms with Crippen LogP contribution in [0, 0.1) is 6.92 Å². The molecule has 1 nitrogen and oxygen atoms in total. The van der Waals surface area contributed by atoms with E-state index in [0.717, 1.165) is 5.75 Å². The lowest BCUT2D eigenvalue weighted by atomic mass is 9.94. The molecule has 0 N–H and O–H groups in total. The third-order valence-electron chi connectivity index (χ3n) is 4.06. The van der Waals surface area contributed by atoms with Crippen molar-refractivity contribution in [1.29, 1.82) is 0 Å². The average Bonchev–Trinajstić information content (AvgIpc) is 2.45. The van der Waals surface area contributed by atoms with Crippen molar-refractivity contribution >= 4 is 21.5 Å². The molecule has 0 saturated heterocycles. The first-order valence-corrected chi connectivity index (χ1v) is 7.12. The van der Waals surface area contributed by atoms with Gasteiger partial charge in [-0.2, -0.15) is 0 Å². The van der Waals surface area contributed by atoms with Gasteiger partial charge in [-0.15, -0.1) is 0 Å². The zero-order chi connectivity index (χ0) is 14.3. The summed E-state index contributed by atoms with van der Waals surface area (Å²) >= 11 is 0. The predicted molar refractivity (Wildman–Crippen MR) is 86.8 cm³/mol. The second-order valence-electron chi connectivity index (χ2n) is 5.71. The van der Waals surface area contributed by atoms with Crippen LogP contribution in [0.4, 0.5) is 0 Å². The Morgan fingerprint density at radius 2 is 1.75 bits per heavy atom. The number of benzene rings is 3. The summed E-state index contributed by atoms with van der Waals surface area (Å²) in [6, 6.07) is 15.3. The van der Waals surface area contributed by atoms with Crippen LogP contribution in [-0.4, -0.2) is 7.11 Å². The van der Waals surface area contributed by atoms with Crippen molar-refractivity contribution in [3.8, 4) is 5.75 Å². The van der Waals surface area contributed by atoms with E-state index >= 15 is 0 Å². The maximum absolute atomic E-state index is 5.67. The van der Waals surface area contributed by atoms with Crippen LogP contribution >= 0.6 is 0 Å². The van der Waals surface area contributed by atoms with Crippen molar-refractivity contribution in [2.45, 2.75) is 26.7 Å². The Morgan fingerprint density at radius 1 is 0.950 bits per heavy atom. The molecule has 102 valence electrons. The minimum absolute atomic E-state index is 0.501. The smallest absolute Gasteiger partial charge is 0.127 e. The number of rotatable bonds is 2. The molecule has 0 aliphatic rings. The van der Waals surface area contributed by atoms with E-state index in [1.54, 1.807) is 7.11 Å². The van der Waals surface area contributed by atoms with Gasteiger partial charge >= 0.3 is 0 Å². The Labute approximate surface area is 120 Å². The Kier molecular flexibility index (Phi) is 3.13. The molecule has 0 radical (unpaired) electrons.